The average molecular weight is 429 g/mol. The normalized spacial score (nSPS) is 12.4. The van der Waals surface area contributed by atoms with Crippen molar-refractivity contribution in [3.63, 3.8) is 0 Å². The van der Waals surface area contributed by atoms with E-state index in [0.29, 0.717) is 0 Å². The fourth-order valence-corrected chi connectivity index (χ4v) is 4.24. The molecule has 0 spiro atoms. The van der Waals surface area contributed by atoms with Crippen LogP contribution < -0.4 is 0 Å². The van der Waals surface area contributed by atoms with E-state index in [0.717, 1.165) is 11.2 Å². The van der Waals surface area contributed by atoms with Crippen LogP contribution in [0.3, 0.4) is 0 Å². The number of benzene rings is 1. The van der Waals surface area contributed by atoms with Crippen LogP contribution >= 0.6 is 22.6 Å². The minimum Gasteiger partial charge on any atom is -0.319 e. The van der Waals surface area contributed by atoms with Gasteiger partial charge in [0.2, 0.25) is 0 Å². The van der Waals surface area contributed by atoms with Gasteiger partial charge in [0.1, 0.15) is 16.8 Å². The third-order valence-electron chi connectivity index (χ3n) is 4.31. The number of rotatable bonds is 1. The maximum atomic E-state index is 4.91. The molecule has 0 saturated heterocycles. The number of hydrogen-bond acceptors (Lipinski definition) is 1. The molecular weight excluding hydrogens is 409 g/mol. The van der Waals surface area contributed by atoms with Gasteiger partial charge in [-0.2, -0.15) is 0 Å². The van der Waals surface area contributed by atoms with Crippen LogP contribution in [0, 0.1) is 10.5 Å². The summed E-state index contributed by atoms with van der Waals surface area (Å²) in [7, 11) is 0. The molecule has 0 amide bonds. The van der Waals surface area contributed by atoms with E-state index in [4.69, 9.17) is 4.98 Å². The van der Waals surface area contributed by atoms with E-state index in [2.05, 4.69) is 108 Å². The standard InChI is InChI=1S/C20H20IN3/c1-13-10-11-15-22-17-16(21)18(14-8-6-5-7-9-14)24(20(2,3)4)19(17)23(15)12-13/h5-12H,1-4H3. The van der Waals surface area contributed by atoms with Crippen molar-refractivity contribution in [3.05, 3.63) is 57.8 Å². The first-order valence-corrected chi connectivity index (χ1v) is 9.20. The zero-order valence-corrected chi connectivity index (χ0v) is 16.5. The molecule has 3 aromatic heterocycles. The van der Waals surface area contributed by atoms with Crippen molar-refractivity contribution in [1.82, 2.24) is 14.0 Å². The number of pyridine rings is 1. The predicted molar refractivity (Wildman–Crippen MR) is 109 cm³/mol. The fraction of sp³-hybridized carbons (Fsp3) is 0.250. The molecule has 4 aromatic rings. The summed E-state index contributed by atoms with van der Waals surface area (Å²) in [6.45, 7) is 8.89. The van der Waals surface area contributed by atoms with Crippen LogP contribution in [0.25, 0.3) is 28.1 Å². The Balaban J connectivity index is 2.21. The second-order valence-corrected chi connectivity index (χ2v) is 8.33. The second-order valence-electron chi connectivity index (χ2n) is 7.25. The van der Waals surface area contributed by atoms with E-state index in [1.165, 1.54) is 26.0 Å². The molecule has 3 heterocycles. The molecule has 3 nitrogen and oxygen atoms in total. The van der Waals surface area contributed by atoms with Crippen molar-refractivity contribution in [2.45, 2.75) is 33.2 Å². The summed E-state index contributed by atoms with van der Waals surface area (Å²) in [5, 5.41) is 0. The molecule has 0 atom stereocenters. The monoisotopic (exact) mass is 429 g/mol. The molecule has 0 aliphatic heterocycles. The number of imidazole rings is 1. The lowest BCUT2D eigenvalue weighted by Crippen LogP contribution is -2.23. The predicted octanol–water partition coefficient (Wildman–Crippen LogP) is 5.62. The number of halogens is 1. The topological polar surface area (TPSA) is 22.2 Å². The Morgan fingerprint density at radius 3 is 2.38 bits per heavy atom. The summed E-state index contributed by atoms with van der Waals surface area (Å²) in [4.78, 5) is 4.91. The zero-order valence-electron chi connectivity index (χ0n) is 14.3. The molecule has 4 rings (SSSR count). The minimum absolute atomic E-state index is 0.0491. The van der Waals surface area contributed by atoms with Gasteiger partial charge in [0.15, 0.2) is 0 Å². The van der Waals surface area contributed by atoms with Crippen LogP contribution in [0.4, 0.5) is 0 Å². The van der Waals surface area contributed by atoms with Gasteiger partial charge in [0.25, 0.3) is 0 Å². The summed E-state index contributed by atoms with van der Waals surface area (Å²) in [6, 6.07) is 14.8. The highest BCUT2D eigenvalue weighted by atomic mass is 127. The van der Waals surface area contributed by atoms with E-state index in [1.54, 1.807) is 0 Å². The number of fused-ring (bicyclic) bond motifs is 3. The fourth-order valence-electron chi connectivity index (χ4n) is 3.32. The molecule has 0 saturated carbocycles. The van der Waals surface area contributed by atoms with Crippen LogP contribution in [-0.2, 0) is 5.54 Å². The quantitative estimate of drug-likeness (QED) is 0.360. The molecule has 0 unspecified atom stereocenters. The lowest BCUT2D eigenvalue weighted by atomic mass is 10.1. The molecule has 0 aliphatic rings. The Morgan fingerprint density at radius 2 is 1.71 bits per heavy atom. The highest BCUT2D eigenvalue weighted by Crippen LogP contribution is 2.39. The van der Waals surface area contributed by atoms with Gasteiger partial charge < -0.3 is 4.57 Å². The van der Waals surface area contributed by atoms with Crippen molar-refractivity contribution in [2.24, 2.45) is 0 Å². The van der Waals surface area contributed by atoms with E-state index in [1.807, 2.05) is 0 Å². The lowest BCUT2D eigenvalue weighted by molar-refractivity contribution is 0.412. The number of nitrogens with zero attached hydrogens (tertiary/aromatic N) is 3. The Morgan fingerprint density at radius 1 is 1.00 bits per heavy atom. The van der Waals surface area contributed by atoms with Crippen molar-refractivity contribution in [2.75, 3.05) is 0 Å². The summed E-state index contributed by atoms with van der Waals surface area (Å²) in [6.07, 6.45) is 2.18. The summed E-state index contributed by atoms with van der Waals surface area (Å²) >= 11 is 2.45. The average Bonchev–Trinajstić information content (AvgIpc) is 3.03. The molecule has 0 aliphatic carbocycles. The number of aromatic nitrogens is 3. The third kappa shape index (κ3) is 2.27. The summed E-state index contributed by atoms with van der Waals surface area (Å²) < 4.78 is 5.87. The Bertz CT molecular complexity index is 1050. The number of hydrogen-bond donors (Lipinski definition) is 0. The Hall–Kier alpha value is -1.82. The van der Waals surface area contributed by atoms with E-state index in [-0.39, 0.29) is 5.54 Å². The van der Waals surface area contributed by atoms with E-state index < -0.39 is 0 Å². The van der Waals surface area contributed by atoms with Gasteiger partial charge in [0, 0.05) is 11.7 Å². The molecule has 24 heavy (non-hydrogen) atoms. The molecule has 1 aromatic carbocycles. The SMILES string of the molecule is Cc1ccc2nc3c(I)c(-c4ccccc4)n(C(C)(C)C)c3n2c1. The van der Waals surface area contributed by atoms with Crippen molar-refractivity contribution in [3.8, 4) is 11.3 Å². The van der Waals surface area contributed by atoms with Gasteiger partial charge in [-0.3, -0.25) is 4.40 Å². The molecule has 0 fully saturated rings. The Labute approximate surface area is 155 Å². The van der Waals surface area contributed by atoms with Crippen LogP contribution in [0.15, 0.2) is 48.7 Å². The lowest BCUT2D eigenvalue weighted by Gasteiger charge is -2.26. The smallest absolute Gasteiger partial charge is 0.147 e. The minimum atomic E-state index is -0.0491. The summed E-state index contributed by atoms with van der Waals surface area (Å²) in [5.41, 5.74) is 6.92. The number of aryl methyl sites for hydroxylation is 1. The van der Waals surface area contributed by atoms with Crippen LogP contribution in [0.2, 0.25) is 0 Å². The van der Waals surface area contributed by atoms with Crippen molar-refractivity contribution < 1.29 is 0 Å². The first-order chi connectivity index (χ1) is 11.4. The highest BCUT2D eigenvalue weighted by Gasteiger charge is 2.27. The van der Waals surface area contributed by atoms with Gasteiger partial charge in [0.05, 0.1) is 9.26 Å². The third-order valence-corrected chi connectivity index (χ3v) is 5.33. The first-order valence-electron chi connectivity index (χ1n) is 8.12. The van der Waals surface area contributed by atoms with Gasteiger partial charge in [-0.05, 0) is 67.5 Å². The highest BCUT2D eigenvalue weighted by molar-refractivity contribution is 14.1. The van der Waals surface area contributed by atoms with Crippen molar-refractivity contribution in [1.29, 1.82) is 0 Å². The van der Waals surface area contributed by atoms with Crippen molar-refractivity contribution >= 4 is 39.4 Å². The van der Waals surface area contributed by atoms with Crippen LogP contribution in [-0.4, -0.2) is 14.0 Å². The van der Waals surface area contributed by atoms with Gasteiger partial charge in [-0.15, -0.1) is 0 Å². The van der Waals surface area contributed by atoms with E-state index in [9.17, 15) is 0 Å². The van der Waals surface area contributed by atoms with Crippen LogP contribution in [0.5, 0.6) is 0 Å². The van der Waals surface area contributed by atoms with Gasteiger partial charge >= 0.3 is 0 Å². The van der Waals surface area contributed by atoms with E-state index >= 15 is 0 Å². The molecule has 122 valence electrons. The maximum absolute atomic E-state index is 4.91. The molecule has 4 heteroatoms. The molecule has 0 bridgehead atoms. The second kappa shape index (κ2) is 5.34. The first kappa shape index (κ1) is 15.7. The van der Waals surface area contributed by atoms with Gasteiger partial charge in [-0.25, -0.2) is 4.98 Å². The van der Waals surface area contributed by atoms with Crippen LogP contribution in [0.1, 0.15) is 26.3 Å². The molecular formula is C20H20IN3. The van der Waals surface area contributed by atoms with Gasteiger partial charge in [-0.1, -0.05) is 36.4 Å². The summed E-state index contributed by atoms with van der Waals surface area (Å²) in [5.74, 6) is 0. The Kier molecular flexibility index (Phi) is 3.49. The maximum Gasteiger partial charge on any atom is 0.147 e. The molecule has 0 N–H and O–H groups in total. The molecule has 0 radical (unpaired) electrons. The largest absolute Gasteiger partial charge is 0.319 e. The zero-order chi connectivity index (χ0) is 17.1.